The van der Waals surface area contributed by atoms with Crippen molar-refractivity contribution in [2.75, 3.05) is 13.2 Å². The zero-order valence-electron chi connectivity index (χ0n) is 9.52. The summed E-state index contributed by atoms with van der Waals surface area (Å²) in [7, 11) is -3.82. The zero-order valence-corrected chi connectivity index (χ0v) is 12.7. The molecule has 0 bridgehead atoms. The third kappa shape index (κ3) is 4.18. The second-order valence-electron chi connectivity index (χ2n) is 4.05. The molecule has 0 radical (unpaired) electrons. The zero-order chi connectivity index (χ0) is 14.0. The van der Waals surface area contributed by atoms with Crippen LogP contribution in [0.3, 0.4) is 0 Å². The Morgan fingerprint density at radius 2 is 2.11 bits per heavy atom. The molecule has 102 valence electrons. The summed E-state index contributed by atoms with van der Waals surface area (Å²) < 4.78 is 26.7. The lowest BCUT2D eigenvalue weighted by atomic mass is 10.1. The molecule has 0 amide bonds. The van der Waals surface area contributed by atoms with E-state index in [2.05, 4.69) is 20.7 Å². The highest BCUT2D eigenvalue weighted by Crippen LogP contribution is 2.25. The first-order chi connectivity index (χ1) is 8.18. The number of halogens is 2. The Hall–Kier alpha value is -0.180. The van der Waals surface area contributed by atoms with Gasteiger partial charge in [0.2, 0.25) is 10.0 Å². The molecule has 0 fully saturated rings. The Morgan fingerprint density at radius 3 is 2.61 bits per heavy atom. The SMILES string of the molecule is CC(O)(CO)CNS(=O)(=O)c1ccc(Br)cc1Cl. The van der Waals surface area contributed by atoms with E-state index in [0.29, 0.717) is 4.47 Å². The average molecular weight is 359 g/mol. The highest BCUT2D eigenvalue weighted by molar-refractivity contribution is 9.10. The van der Waals surface area contributed by atoms with Crippen LogP contribution in [0.1, 0.15) is 6.92 Å². The molecule has 0 saturated carbocycles. The van der Waals surface area contributed by atoms with Gasteiger partial charge < -0.3 is 10.2 Å². The first-order valence-electron chi connectivity index (χ1n) is 4.96. The lowest BCUT2D eigenvalue weighted by Crippen LogP contribution is -2.43. The van der Waals surface area contributed by atoms with E-state index in [0.717, 1.165) is 0 Å². The van der Waals surface area contributed by atoms with Crippen molar-refractivity contribution in [2.45, 2.75) is 17.4 Å². The maximum absolute atomic E-state index is 11.9. The molecule has 1 aromatic carbocycles. The summed E-state index contributed by atoms with van der Waals surface area (Å²) in [6, 6.07) is 4.35. The fraction of sp³-hybridized carbons (Fsp3) is 0.400. The summed E-state index contributed by atoms with van der Waals surface area (Å²) in [4.78, 5) is -0.0823. The van der Waals surface area contributed by atoms with Crippen LogP contribution >= 0.6 is 27.5 Å². The van der Waals surface area contributed by atoms with Crippen LogP contribution in [-0.4, -0.2) is 37.4 Å². The molecule has 0 heterocycles. The Kier molecular flexibility index (Phi) is 5.16. The van der Waals surface area contributed by atoms with E-state index in [4.69, 9.17) is 16.7 Å². The molecule has 1 unspecified atom stereocenters. The van der Waals surface area contributed by atoms with Crippen molar-refractivity contribution in [2.24, 2.45) is 0 Å². The van der Waals surface area contributed by atoms with Crippen molar-refractivity contribution in [3.63, 3.8) is 0 Å². The molecule has 3 N–H and O–H groups in total. The monoisotopic (exact) mass is 357 g/mol. The van der Waals surface area contributed by atoms with Crippen LogP contribution in [0.5, 0.6) is 0 Å². The van der Waals surface area contributed by atoms with Crippen molar-refractivity contribution in [3.8, 4) is 0 Å². The molecule has 0 aliphatic heterocycles. The van der Waals surface area contributed by atoms with Crippen LogP contribution < -0.4 is 4.72 Å². The summed E-state index contributed by atoms with van der Waals surface area (Å²) in [6.45, 7) is 0.459. The van der Waals surface area contributed by atoms with Crippen molar-refractivity contribution >= 4 is 37.6 Å². The van der Waals surface area contributed by atoms with E-state index in [9.17, 15) is 13.5 Å². The highest BCUT2D eigenvalue weighted by atomic mass is 79.9. The molecule has 0 aromatic heterocycles. The predicted octanol–water partition coefficient (Wildman–Crippen LogP) is 1.12. The number of rotatable bonds is 5. The van der Waals surface area contributed by atoms with E-state index in [-0.39, 0.29) is 16.5 Å². The van der Waals surface area contributed by atoms with Crippen molar-refractivity contribution in [3.05, 3.63) is 27.7 Å². The van der Waals surface area contributed by atoms with Gasteiger partial charge in [-0.3, -0.25) is 0 Å². The summed E-state index contributed by atoms with van der Waals surface area (Å²) in [5.74, 6) is 0. The normalized spacial score (nSPS) is 15.4. The molecule has 8 heteroatoms. The molecule has 5 nitrogen and oxygen atoms in total. The van der Waals surface area contributed by atoms with E-state index in [1.54, 1.807) is 6.07 Å². The smallest absolute Gasteiger partial charge is 0.242 e. The molecule has 1 atom stereocenters. The van der Waals surface area contributed by atoms with Gasteiger partial charge in [0.25, 0.3) is 0 Å². The van der Waals surface area contributed by atoms with Gasteiger partial charge >= 0.3 is 0 Å². The summed E-state index contributed by atoms with van der Waals surface area (Å²) in [6.07, 6.45) is 0. The summed E-state index contributed by atoms with van der Waals surface area (Å²) in [5.41, 5.74) is -1.52. The molecule has 1 aromatic rings. The van der Waals surface area contributed by atoms with Crippen LogP contribution in [0.25, 0.3) is 0 Å². The lowest BCUT2D eigenvalue weighted by molar-refractivity contribution is 0.00681. The van der Waals surface area contributed by atoms with Crippen LogP contribution in [0.4, 0.5) is 0 Å². The maximum atomic E-state index is 11.9. The minimum absolute atomic E-state index is 0.0699. The van der Waals surface area contributed by atoms with Crippen LogP contribution in [0.2, 0.25) is 5.02 Å². The summed E-state index contributed by atoms with van der Waals surface area (Å²) in [5, 5.41) is 18.4. The van der Waals surface area contributed by atoms with Crippen LogP contribution in [0, 0.1) is 0 Å². The van der Waals surface area contributed by atoms with Gasteiger partial charge in [-0.05, 0) is 25.1 Å². The number of hydrogen-bond donors (Lipinski definition) is 3. The fourth-order valence-corrected chi connectivity index (χ4v) is 3.27. The molecular formula is C10H13BrClNO4S. The first-order valence-corrected chi connectivity index (χ1v) is 7.61. The first kappa shape index (κ1) is 15.9. The average Bonchev–Trinajstić information content (AvgIpc) is 2.26. The Morgan fingerprint density at radius 1 is 1.50 bits per heavy atom. The van der Waals surface area contributed by atoms with Gasteiger partial charge in [0.15, 0.2) is 0 Å². The predicted molar refractivity (Wildman–Crippen MR) is 72.1 cm³/mol. The molecule has 18 heavy (non-hydrogen) atoms. The van der Waals surface area contributed by atoms with Gasteiger partial charge in [-0.25, -0.2) is 13.1 Å². The minimum atomic E-state index is -3.82. The number of aliphatic hydroxyl groups excluding tert-OH is 1. The van der Waals surface area contributed by atoms with Gasteiger partial charge in [0.05, 0.1) is 17.2 Å². The number of sulfonamides is 1. The van der Waals surface area contributed by atoms with Crippen molar-refractivity contribution < 1.29 is 18.6 Å². The van der Waals surface area contributed by atoms with E-state index >= 15 is 0 Å². The molecule has 1 rings (SSSR count). The molecular weight excluding hydrogens is 346 g/mol. The largest absolute Gasteiger partial charge is 0.393 e. The standard InChI is InChI=1S/C10H13BrClNO4S/c1-10(15,6-14)5-13-18(16,17)9-3-2-7(11)4-8(9)12/h2-4,13-15H,5-6H2,1H3. The molecule has 0 aliphatic carbocycles. The number of nitrogens with one attached hydrogen (secondary N) is 1. The maximum Gasteiger partial charge on any atom is 0.242 e. The van der Waals surface area contributed by atoms with E-state index < -0.39 is 22.2 Å². The Labute approximate surface area is 119 Å². The Balaban J connectivity index is 2.94. The fourth-order valence-electron chi connectivity index (χ4n) is 1.08. The second kappa shape index (κ2) is 5.85. The molecule has 0 saturated heterocycles. The lowest BCUT2D eigenvalue weighted by Gasteiger charge is -2.20. The van der Waals surface area contributed by atoms with Gasteiger partial charge in [-0.2, -0.15) is 0 Å². The third-order valence-corrected chi connectivity index (χ3v) is 4.54. The number of benzene rings is 1. The second-order valence-corrected chi connectivity index (χ2v) is 7.11. The number of aliphatic hydroxyl groups is 2. The van der Waals surface area contributed by atoms with Gasteiger partial charge in [0, 0.05) is 11.0 Å². The summed E-state index contributed by atoms with van der Waals surface area (Å²) >= 11 is 9.01. The van der Waals surface area contributed by atoms with Crippen LogP contribution in [0.15, 0.2) is 27.6 Å². The molecule has 0 aliphatic rings. The van der Waals surface area contributed by atoms with Gasteiger partial charge in [-0.15, -0.1) is 0 Å². The third-order valence-electron chi connectivity index (χ3n) is 2.17. The van der Waals surface area contributed by atoms with E-state index in [1.807, 2.05) is 0 Å². The van der Waals surface area contributed by atoms with Crippen molar-refractivity contribution in [1.29, 1.82) is 0 Å². The topological polar surface area (TPSA) is 86.6 Å². The van der Waals surface area contributed by atoms with Gasteiger partial charge in [0.1, 0.15) is 4.90 Å². The van der Waals surface area contributed by atoms with Crippen LogP contribution in [-0.2, 0) is 10.0 Å². The Bertz CT molecular complexity index is 533. The van der Waals surface area contributed by atoms with Crippen molar-refractivity contribution in [1.82, 2.24) is 4.72 Å². The van der Waals surface area contributed by atoms with E-state index in [1.165, 1.54) is 19.1 Å². The van der Waals surface area contributed by atoms with Gasteiger partial charge in [-0.1, -0.05) is 27.5 Å². The number of hydrogen-bond acceptors (Lipinski definition) is 4. The minimum Gasteiger partial charge on any atom is -0.393 e. The molecule has 0 spiro atoms. The quantitative estimate of drug-likeness (QED) is 0.736. The highest BCUT2D eigenvalue weighted by Gasteiger charge is 2.24.